The summed E-state index contributed by atoms with van der Waals surface area (Å²) in [6, 6.07) is 13.9. The van der Waals surface area contributed by atoms with Crippen LogP contribution in [0.3, 0.4) is 0 Å². The summed E-state index contributed by atoms with van der Waals surface area (Å²) in [6.45, 7) is 2.08. The molecule has 3 aromatic rings. The maximum absolute atomic E-state index is 12.5. The van der Waals surface area contributed by atoms with Crippen LogP contribution in [0.15, 0.2) is 53.7 Å². The predicted molar refractivity (Wildman–Crippen MR) is 126 cm³/mol. The van der Waals surface area contributed by atoms with Crippen molar-refractivity contribution in [1.29, 1.82) is 0 Å². The Balaban J connectivity index is 1.80. The minimum absolute atomic E-state index is 0.0113. The van der Waals surface area contributed by atoms with Gasteiger partial charge in [0.2, 0.25) is 5.91 Å². The van der Waals surface area contributed by atoms with E-state index >= 15 is 0 Å². The molecule has 2 aromatic carbocycles. The summed E-state index contributed by atoms with van der Waals surface area (Å²) >= 11 is 7.07. The molecule has 1 unspecified atom stereocenters. The molecule has 0 spiro atoms. The molecule has 0 aliphatic rings. The standard InChI is InChI=1S/C21H23ClN6O3S/c1-4-17(26(2)3)20-24-25-21(27(20)15-8-6-5-7-9-15)32-13-19(29)23-14-10-11-16(22)18(12-14)28(30)31/h5-12,17H,4,13H2,1-3H3,(H,23,29). The Bertz CT molecular complexity index is 1110. The lowest BCUT2D eigenvalue weighted by molar-refractivity contribution is -0.384. The van der Waals surface area contributed by atoms with Crippen LogP contribution in [0.4, 0.5) is 11.4 Å². The van der Waals surface area contributed by atoms with Crippen LogP contribution < -0.4 is 5.32 Å². The molecule has 1 amide bonds. The minimum Gasteiger partial charge on any atom is -0.325 e. The number of nitro groups is 1. The first-order chi connectivity index (χ1) is 15.3. The van der Waals surface area contributed by atoms with Crippen molar-refractivity contribution >= 4 is 40.6 Å². The number of nitrogens with one attached hydrogen (secondary N) is 1. The Labute approximate surface area is 194 Å². The maximum Gasteiger partial charge on any atom is 0.289 e. The van der Waals surface area contributed by atoms with Crippen LogP contribution in [0, 0.1) is 10.1 Å². The Morgan fingerprint density at radius 3 is 2.59 bits per heavy atom. The zero-order valence-electron chi connectivity index (χ0n) is 17.9. The fraction of sp³-hybridized carbons (Fsp3) is 0.286. The van der Waals surface area contributed by atoms with Crippen molar-refractivity contribution in [3.63, 3.8) is 0 Å². The Hall–Kier alpha value is -2.95. The number of nitro benzene ring substituents is 1. The van der Waals surface area contributed by atoms with Crippen molar-refractivity contribution < 1.29 is 9.72 Å². The average molecular weight is 475 g/mol. The van der Waals surface area contributed by atoms with E-state index in [1.54, 1.807) is 0 Å². The van der Waals surface area contributed by atoms with Crippen molar-refractivity contribution in [2.45, 2.75) is 24.5 Å². The van der Waals surface area contributed by atoms with E-state index in [1.165, 1.54) is 30.0 Å². The molecule has 1 heterocycles. The number of benzene rings is 2. The van der Waals surface area contributed by atoms with E-state index in [9.17, 15) is 14.9 Å². The first kappa shape index (κ1) is 23.7. The smallest absolute Gasteiger partial charge is 0.289 e. The molecule has 1 N–H and O–H groups in total. The molecule has 3 rings (SSSR count). The van der Waals surface area contributed by atoms with Gasteiger partial charge in [0.05, 0.1) is 16.7 Å². The molecule has 11 heteroatoms. The molecular weight excluding hydrogens is 452 g/mol. The van der Waals surface area contributed by atoms with Gasteiger partial charge in [0, 0.05) is 17.4 Å². The van der Waals surface area contributed by atoms with E-state index in [0.717, 1.165) is 17.9 Å². The van der Waals surface area contributed by atoms with Gasteiger partial charge in [-0.25, -0.2) is 0 Å². The second kappa shape index (κ2) is 10.6. The highest BCUT2D eigenvalue weighted by atomic mass is 35.5. The first-order valence-electron chi connectivity index (χ1n) is 9.85. The number of hydrogen-bond donors (Lipinski definition) is 1. The number of halogens is 1. The van der Waals surface area contributed by atoms with Crippen LogP contribution in [0.2, 0.25) is 5.02 Å². The van der Waals surface area contributed by atoms with Gasteiger partial charge in [-0.05, 0) is 44.8 Å². The van der Waals surface area contributed by atoms with E-state index in [-0.39, 0.29) is 28.4 Å². The number of carbonyl (C=O) groups excluding carboxylic acids is 1. The predicted octanol–water partition coefficient (Wildman–Crippen LogP) is 4.57. The van der Waals surface area contributed by atoms with Crippen LogP contribution in [-0.4, -0.2) is 50.3 Å². The number of amides is 1. The number of anilines is 1. The normalized spacial score (nSPS) is 12.0. The monoisotopic (exact) mass is 474 g/mol. The largest absolute Gasteiger partial charge is 0.325 e. The summed E-state index contributed by atoms with van der Waals surface area (Å²) in [6.07, 6.45) is 0.846. The molecule has 32 heavy (non-hydrogen) atoms. The number of aromatic nitrogens is 3. The highest BCUT2D eigenvalue weighted by Gasteiger charge is 2.23. The van der Waals surface area contributed by atoms with E-state index in [0.29, 0.717) is 10.8 Å². The summed E-state index contributed by atoms with van der Waals surface area (Å²) in [5.74, 6) is 0.524. The third kappa shape index (κ3) is 5.45. The van der Waals surface area contributed by atoms with Crippen molar-refractivity contribution in [2.24, 2.45) is 0 Å². The molecule has 168 valence electrons. The molecular formula is C21H23ClN6O3S. The van der Waals surface area contributed by atoms with Crippen LogP contribution in [0.25, 0.3) is 5.69 Å². The Kier molecular flexibility index (Phi) is 7.84. The van der Waals surface area contributed by atoms with Crippen molar-refractivity contribution in [2.75, 3.05) is 25.2 Å². The number of para-hydroxylation sites is 1. The maximum atomic E-state index is 12.5. The summed E-state index contributed by atoms with van der Waals surface area (Å²) in [5, 5.41) is 23.1. The summed E-state index contributed by atoms with van der Waals surface area (Å²) in [5.41, 5.74) is 0.944. The van der Waals surface area contributed by atoms with Gasteiger partial charge in [0.15, 0.2) is 11.0 Å². The summed E-state index contributed by atoms with van der Waals surface area (Å²) in [4.78, 5) is 25.0. The van der Waals surface area contributed by atoms with Gasteiger partial charge in [-0.15, -0.1) is 10.2 Å². The van der Waals surface area contributed by atoms with Gasteiger partial charge in [0.25, 0.3) is 5.69 Å². The SMILES string of the molecule is CCC(c1nnc(SCC(=O)Nc2ccc(Cl)c([N+](=O)[O-])c2)n1-c1ccccc1)N(C)C. The number of thioether (sulfide) groups is 1. The number of hydrogen-bond acceptors (Lipinski definition) is 7. The lowest BCUT2D eigenvalue weighted by Crippen LogP contribution is -2.23. The van der Waals surface area contributed by atoms with Crippen molar-refractivity contribution in [1.82, 2.24) is 19.7 Å². The van der Waals surface area contributed by atoms with Gasteiger partial charge in [-0.1, -0.05) is 48.5 Å². The lowest BCUT2D eigenvalue weighted by atomic mass is 10.2. The molecule has 0 fully saturated rings. The van der Waals surface area contributed by atoms with Crippen molar-refractivity contribution in [3.8, 4) is 5.69 Å². The van der Waals surface area contributed by atoms with Gasteiger partial charge in [-0.3, -0.25) is 24.4 Å². The topological polar surface area (TPSA) is 106 Å². The quantitative estimate of drug-likeness (QED) is 0.275. The van der Waals surface area contributed by atoms with Crippen molar-refractivity contribution in [3.05, 3.63) is 69.5 Å². The number of rotatable bonds is 9. The van der Waals surface area contributed by atoms with E-state index in [2.05, 4.69) is 27.3 Å². The third-order valence-corrected chi connectivity index (χ3v) is 5.99. The second-order valence-electron chi connectivity index (χ2n) is 7.16. The molecule has 1 aromatic heterocycles. The summed E-state index contributed by atoms with van der Waals surface area (Å²) < 4.78 is 1.96. The zero-order chi connectivity index (χ0) is 23.3. The van der Waals surface area contributed by atoms with Gasteiger partial charge in [0.1, 0.15) is 5.02 Å². The molecule has 0 aliphatic heterocycles. The molecule has 0 saturated carbocycles. The first-order valence-corrected chi connectivity index (χ1v) is 11.2. The van der Waals surface area contributed by atoms with Crippen LogP contribution in [0.1, 0.15) is 25.2 Å². The molecule has 0 aliphatic carbocycles. The van der Waals surface area contributed by atoms with Crippen LogP contribution in [-0.2, 0) is 4.79 Å². The Morgan fingerprint density at radius 1 is 1.25 bits per heavy atom. The number of carbonyl (C=O) groups is 1. The van der Waals surface area contributed by atoms with Gasteiger partial charge in [-0.2, -0.15) is 0 Å². The van der Waals surface area contributed by atoms with Gasteiger partial charge >= 0.3 is 0 Å². The van der Waals surface area contributed by atoms with Gasteiger partial charge < -0.3 is 5.32 Å². The highest BCUT2D eigenvalue weighted by molar-refractivity contribution is 7.99. The highest BCUT2D eigenvalue weighted by Crippen LogP contribution is 2.30. The van der Waals surface area contributed by atoms with Crippen LogP contribution >= 0.6 is 23.4 Å². The minimum atomic E-state index is -0.592. The van der Waals surface area contributed by atoms with Crippen LogP contribution in [0.5, 0.6) is 0 Å². The fourth-order valence-corrected chi connectivity index (χ4v) is 4.19. The molecule has 1 atom stereocenters. The molecule has 9 nitrogen and oxygen atoms in total. The fourth-order valence-electron chi connectivity index (χ4n) is 3.25. The van der Waals surface area contributed by atoms with E-state index < -0.39 is 4.92 Å². The Morgan fingerprint density at radius 2 is 1.97 bits per heavy atom. The average Bonchev–Trinajstić information content (AvgIpc) is 3.18. The number of nitrogens with zero attached hydrogens (tertiary/aromatic N) is 5. The molecule has 0 radical (unpaired) electrons. The summed E-state index contributed by atoms with van der Waals surface area (Å²) in [7, 11) is 3.98. The second-order valence-corrected chi connectivity index (χ2v) is 8.51. The third-order valence-electron chi connectivity index (χ3n) is 4.74. The lowest BCUT2D eigenvalue weighted by Gasteiger charge is -2.23. The zero-order valence-corrected chi connectivity index (χ0v) is 19.4. The molecule has 0 saturated heterocycles. The molecule has 0 bridgehead atoms. The van der Waals surface area contributed by atoms with E-state index in [4.69, 9.17) is 11.6 Å². The van der Waals surface area contributed by atoms with E-state index in [1.807, 2.05) is 49.0 Å².